The normalized spacial score (nSPS) is 11.2. The van der Waals surface area contributed by atoms with Crippen LogP contribution in [0.4, 0.5) is 0 Å². The molecule has 1 nitrogen and oxygen atoms in total. The average Bonchev–Trinajstić information content (AvgIpc) is 2.75. The molecule has 0 spiro atoms. The summed E-state index contributed by atoms with van der Waals surface area (Å²) in [5.41, 5.74) is 1.27. The van der Waals surface area contributed by atoms with Crippen molar-refractivity contribution < 1.29 is 4.74 Å². The van der Waals surface area contributed by atoms with Crippen molar-refractivity contribution in [2.45, 2.75) is 83.4 Å². The number of benzene rings is 2. The molecule has 1 radical (unpaired) electrons. The van der Waals surface area contributed by atoms with E-state index in [2.05, 4.69) is 67.6 Å². The average molecular weight is 396 g/mol. The molecule has 0 amide bonds. The lowest BCUT2D eigenvalue weighted by atomic mass is 10.1. The van der Waals surface area contributed by atoms with Crippen LogP contribution in [-0.2, 0) is 11.3 Å². The molecule has 0 atom stereocenters. The van der Waals surface area contributed by atoms with Crippen molar-refractivity contribution in [3.05, 3.63) is 66.2 Å². The first-order valence-electron chi connectivity index (χ1n) is 11.4. The molecule has 2 aromatic carbocycles. The molecule has 0 saturated carbocycles. The first kappa shape index (κ1) is 22.9. The first-order chi connectivity index (χ1) is 13.9. The second-order valence-corrected chi connectivity index (χ2v) is 10.6. The molecule has 0 N–H and O–H groups in total. The van der Waals surface area contributed by atoms with Gasteiger partial charge < -0.3 is 4.74 Å². The Morgan fingerprint density at radius 3 is 1.89 bits per heavy atom. The van der Waals surface area contributed by atoms with Crippen LogP contribution >= 0.6 is 0 Å². The topological polar surface area (TPSA) is 9.23 Å². The van der Waals surface area contributed by atoms with Gasteiger partial charge in [-0.15, -0.1) is 0 Å². The predicted molar refractivity (Wildman–Crippen MR) is 125 cm³/mol. The lowest BCUT2D eigenvalue weighted by Gasteiger charge is -2.15. The van der Waals surface area contributed by atoms with Crippen LogP contribution in [0.3, 0.4) is 0 Å². The molecule has 0 unspecified atom stereocenters. The minimum Gasteiger partial charge on any atom is -0.377 e. The fourth-order valence-electron chi connectivity index (χ4n) is 3.69. The highest BCUT2D eigenvalue weighted by molar-refractivity contribution is 6.73. The molecule has 2 heteroatoms. The maximum Gasteiger partial charge on any atom is 0.0856 e. The summed E-state index contributed by atoms with van der Waals surface area (Å²) in [7, 11) is -0.391. The van der Waals surface area contributed by atoms with Crippen LogP contribution in [-0.4, -0.2) is 15.4 Å². The van der Waals surface area contributed by atoms with Crippen molar-refractivity contribution >= 4 is 14.0 Å². The van der Waals surface area contributed by atoms with Crippen molar-refractivity contribution in [2.75, 3.05) is 6.61 Å². The van der Waals surface area contributed by atoms with Crippen LogP contribution in [0.15, 0.2) is 60.7 Å². The van der Waals surface area contributed by atoms with Gasteiger partial charge in [-0.25, -0.2) is 0 Å². The first-order valence-corrected chi connectivity index (χ1v) is 13.3. The zero-order valence-corrected chi connectivity index (χ0v) is 18.9. The highest BCUT2D eigenvalue weighted by Crippen LogP contribution is 2.14. The van der Waals surface area contributed by atoms with Crippen LogP contribution in [0.25, 0.3) is 0 Å². The van der Waals surface area contributed by atoms with Gasteiger partial charge in [0.1, 0.15) is 0 Å². The summed E-state index contributed by atoms with van der Waals surface area (Å²) in [6, 6.07) is 24.7. The van der Waals surface area contributed by atoms with Gasteiger partial charge in [0.25, 0.3) is 0 Å². The SMILES string of the molecule is CCCCCCCC[Si](CCCCCOCc1ccccc1)c1ccccc1. The van der Waals surface area contributed by atoms with Crippen LogP contribution in [0.2, 0.25) is 12.1 Å². The van der Waals surface area contributed by atoms with Gasteiger partial charge in [0, 0.05) is 6.61 Å². The third-order valence-electron chi connectivity index (χ3n) is 5.39. The van der Waals surface area contributed by atoms with E-state index in [4.69, 9.17) is 4.74 Å². The number of hydrogen-bond donors (Lipinski definition) is 0. The Hall–Kier alpha value is -1.38. The lowest BCUT2D eigenvalue weighted by Crippen LogP contribution is -2.29. The molecular weight excluding hydrogens is 356 g/mol. The van der Waals surface area contributed by atoms with Gasteiger partial charge in [-0.2, -0.15) is 0 Å². The summed E-state index contributed by atoms with van der Waals surface area (Å²) in [4.78, 5) is 0. The van der Waals surface area contributed by atoms with E-state index in [1.165, 1.54) is 75.4 Å². The van der Waals surface area contributed by atoms with Gasteiger partial charge in [0.2, 0.25) is 0 Å². The molecule has 0 heterocycles. The predicted octanol–water partition coefficient (Wildman–Crippen LogP) is 7.14. The molecule has 0 aliphatic rings. The second-order valence-electron chi connectivity index (χ2n) is 7.84. The Morgan fingerprint density at radius 1 is 0.643 bits per heavy atom. The summed E-state index contributed by atoms with van der Waals surface area (Å²) in [6.07, 6.45) is 12.3. The van der Waals surface area contributed by atoms with Crippen molar-refractivity contribution in [3.63, 3.8) is 0 Å². The second kappa shape index (κ2) is 15.5. The van der Waals surface area contributed by atoms with E-state index in [0.717, 1.165) is 13.2 Å². The van der Waals surface area contributed by atoms with Crippen molar-refractivity contribution in [3.8, 4) is 0 Å². The van der Waals surface area contributed by atoms with E-state index in [1.54, 1.807) is 5.19 Å². The fourth-order valence-corrected chi connectivity index (χ4v) is 6.53. The van der Waals surface area contributed by atoms with E-state index in [1.807, 2.05) is 0 Å². The van der Waals surface area contributed by atoms with E-state index in [9.17, 15) is 0 Å². The van der Waals surface area contributed by atoms with Crippen molar-refractivity contribution in [2.24, 2.45) is 0 Å². The number of rotatable bonds is 16. The van der Waals surface area contributed by atoms with Crippen LogP contribution < -0.4 is 5.19 Å². The molecular formula is C26H39OSi. The quantitative estimate of drug-likeness (QED) is 0.217. The third-order valence-corrected chi connectivity index (χ3v) is 8.46. The Bertz CT molecular complexity index is 584. The van der Waals surface area contributed by atoms with Crippen molar-refractivity contribution in [1.29, 1.82) is 0 Å². The molecule has 2 aromatic rings. The largest absolute Gasteiger partial charge is 0.377 e. The molecule has 0 aromatic heterocycles. The van der Waals surface area contributed by atoms with Gasteiger partial charge in [0.15, 0.2) is 0 Å². The molecule has 0 aliphatic carbocycles. The van der Waals surface area contributed by atoms with E-state index in [0.29, 0.717) is 0 Å². The summed E-state index contributed by atoms with van der Waals surface area (Å²) < 4.78 is 5.83. The zero-order valence-electron chi connectivity index (χ0n) is 17.9. The maximum absolute atomic E-state index is 5.83. The van der Waals surface area contributed by atoms with Gasteiger partial charge in [-0.3, -0.25) is 0 Å². The van der Waals surface area contributed by atoms with E-state index >= 15 is 0 Å². The summed E-state index contributed by atoms with van der Waals surface area (Å²) in [5, 5.41) is 1.64. The van der Waals surface area contributed by atoms with E-state index in [-0.39, 0.29) is 0 Å². The smallest absolute Gasteiger partial charge is 0.0856 e. The molecule has 28 heavy (non-hydrogen) atoms. The van der Waals surface area contributed by atoms with Gasteiger partial charge >= 0.3 is 0 Å². The maximum atomic E-state index is 5.83. The van der Waals surface area contributed by atoms with Gasteiger partial charge in [-0.05, 0) is 12.0 Å². The minimum absolute atomic E-state index is 0.391. The monoisotopic (exact) mass is 395 g/mol. The van der Waals surface area contributed by atoms with Gasteiger partial charge in [0.05, 0.1) is 15.4 Å². The molecule has 153 valence electrons. The molecule has 0 bridgehead atoms. The summed E-state index contributed by atoms with van der Waals surface area (Å²) in [6.45, 7) is 3.93. The van der Waals surface area contributed by atoms with Gasteiger partial charge in [-0.1, -0.05) is 136 Å². The standard InChI is InChI=1S/C26H39OSi/c1-2-3-4-5-6-15-22-28(26-19-12-8-13-20-26)23-16-9-14-21-27-24-25-17-10-7-11-18-25/h7-8,10-13,17-20H,2-6,9,14-16,21-24H2,1H3. The molecule has 0 aliphatic heterocycles. The van der Waals surface area contributed by atoms with Crippen LogP contribution in [0.1, 0.15) is 70.3 Å². The van der Waals surface area contributed by atoms with E-state index < -0.39 is 8.80 Å². The Labute approximate surface area is 175 Å². The lowest BCUT2D eigenvalue weighted by molar-refractivity contribution is 0.117. The highest BCUT2D eigenvalue weighted by Gasteiger charge is 2.13. The number of hydrogen-bond acceptors (Lipinski definition) is 1. The zero-order chi connectivity index (χ0) is 19.7. The summed E-state index contributed by atoms with van der Waals surface area (Å²) >= 11 is 0. The molecule has 0 fully saturated rings. The highest BCUT2D eigenvalue weighted by atomic mass is 28.3. The van der Waals surface area contributed by atoms with Crippen LogP contribution in [0.5, 0.6) is 0 Å². The molecule has 2 rings (SSSR count). The van der Waals surface area contributed by atoms with Crippen LogP contribution in [0, 0.1) is 0 Å². The minimum atomic E-state index is -0.391. The fraction of sp³-hybridized carbons (Fsp3) is 0.538. The molecule has 0 saturated heterocycles. The third kappa shape index (κ3) is 10.2. The Morgan fingerprint density at radius 2 is 1.21 bits per heavy atom. The number of ether oxygens (including phenoxy) is 1. The number of unbranched alkanes of at least 4 members (excludes halogenated alkanes) is 7. The van der Waals surface area contributed by atoms with Crippen molar-refractivity contribution in [1.82, 2.24) is 0 Å². The summed E-state index contributed by atoms with van der Waals surface area (Å²) in [5.74, 6) is 0. The Balaban J connectivity index is 1.60. The Kier molecular flexibility index (Phi) is 12.7.